The van der Waals surface area contributed by atoms with Crippen molar-refractivity contribution < 1.29 is 14.4 Å². The minimum atomic E-state index is -0.900. The molecule has 1 aliphatic heterocycles. The average Bonchev–Trinajstić information content (AvgIpc) is 3.58. The van der Waals surface area contributed by atoms with Crippen LogP contribution in [0.4, 0.5) is 5.69 Å². The smallest absolute Gasteiger partial charge is 0.335 e. The van der Waals surface area contributed by atoms with Gasteiger partial charge in [0.1, 0.15) is 11.5 Å². The third kappa shape index (κ3) is 4.74. The largest absolute Gasteiger partial charge is 0.478 e. The predicted octanol–water partition coefficient (Wildman–Crippen LogP) is 5.59. The van der Waals surface area contributed by atoms with Crippen molar-refractivity contribution in [2.75, 3.05) is 37.6 Å². The summed E-state index contributed by atoms with van der Waals surface area (Å²) in [6.07, 6.45) is 3.11. The lowest BCUT2D eigenvalue weighted by Gasteiger charge is -2.36. The van der Waals surface area contributed by atoms with Crippen LogP contribution in [0.3, 0.4) is 0 Å². The summed E-state index contributed by atoms with van der Waals surface area (Å²) in [4.78, 5) is 15.8. The van der Waals surface area contributed by atoms with Crippen molar-refractivity contribution in [1.29, 1.82) is 0 Å². The molecule has 1 aliphatic carbocycles. The monoisotopic (exact) mass is 485 g/mol. The summed E-state index contributed by atoms with van der Waals surface area (Å²) in [7, 11) is 0. The van der Waals surface area contributed by atoms with Gasteiger partial charge in [-0.15, -0.1) is 0 Å². The van der Waals surface area contributed by atoms with Crippen molar-refractivity contribution in [1.82, 2.24) is 10.1 Å². The molecule has 0 radical (unpaired) electrons. The maximum Gasteiger partial charge on any atom is 0.335 e. The number of anilines is 1. The Labute approximate surface area is 202 Å². The second-order valence-corrected chi connectivity index (χ2v) is 9.49. The van der Waals surface area contributed by atoms with Crippen LogP contribution in [0.1, 0.15) is 40.4 Å². The summed E-state index contributed by atoms with van der Waals surface area (Å²) in [6.45, 7) is 4.57. The van der Waals surface area contributed by atoms with Gasteiger partial charge in [0.2, 0.25) is 0 Å². The molecule has 3 aromatic rings. The van der Waals surface area contributed by atoms with E-state index in [0.29, 0.717) is 21.5 Å². The molecule has 1 aromatic heterocycles. The minimum absolute atomic E-state index is 0.312. The van der Waals surface area contributed by atoms with Gasteiger partial charge in [-0.2, -0.15) is 0 Å². The molecule has 0 atom stereocenters. The normalized spacial score (nSPS) is 16.8. The Bertz CT molecular complexity index is 1130. The lowest BCUT2D eigenvalue weighted by molar-refractivity contribution is 0.0697. The fourth-order valence-corrected chi connectivity index (χ4v) is 5.04. The molecule has 1 N–H and O–H groups in total. The maximum atomic E-state index is 11.1. The summed E-state index contributed by atoms with van der Waals surface area (Å²) in [5.74, 6) is 0.536. The molecule has 1 saturated heterocycles. The Morgan fingerprint density at radius 2 is 1.70 bits per heavy atom. The van der Waals surface area contributed by atoms with E-state index in [4.69, 9.17) is 32.8 Å². The molecule has 2 fully saturated rings. The topological polar surface area (TPSA) is 69.8 Å². The molecular formula is C25H25Cl2N3O3. The number of benzene rings is 2. The van der Waals surface area contributed by atoms with E-state index in [1.165, 1.54) is 0 Å². The Kier molecular flexibility index (Phi) is 6.32. The summed E-state index contributed by atoms with van der Waals surface area (Å²) in [6, 6.07) is 12.6. The second-order valence-electron chi connectivity index (χ2n) is 8.68. The van der Waals surface area contributed by atoms with Crippen LogP contribution >= 0.6 is 23.2 Å². The molecule has 8 heteroatoms. The highest BCUT2D eigenvalue weighted by Crippen LogP contribution is 2.46. The predicted molar refractivity (Wildman–Crippen MR) is 130 cm³/mol. The van der Waals surface area contributed by atoms with Gasteiger partial charge in [-0.3, -0.25) is 4.90 Å². The van der Waals surface area contributed by atoms with Gasteiger partial charge in [0.05, 0.1) is 15.6 Å². The van der Waals surface area contributed by atoms with E-state index in [9.17, 15) is 4.79 Å². The van der Waals surface area contributed by atoms with E-state index in [-0.39, 0.29) is 0 Å². The molecule has 0 unspecified atom stereocenters. The molecule has 0 bridgehead atoms. The molecular weight excluding hydrogens is 461 g/mol. The summed E-state index contributed by atoms with van der Waals surface area (Å²) in [5.41, 5.74) is 4.02. The van der Waals surface area contributed by atoms with Crippen LogP contribution in [-0.2, 0) is 6.42 Å². The van der Waals surface area contributed by atoms with Crippen LogP contribution in [-0.4, -0.2) is 53.9 Å². The number of hydrogen-bond acceptors (Lipinski definition) is 5. The van der Waals surface area contributed by atoms with Crippen LogP contribution in [0, 0.1) is 0 Å². The molecule has 2 aromatic carbocycles. The second kappa shape index (κ2) is 9.37. The number of carboxylic acid groups (broad SMARTS) is 1. The zero-order chi connectivity index (χ0) is 22.9. The summed E-state index contributed by atoms with van der Waals surface area (Å²) in [5, 5.41) is 14.7. The average molecular weight is 486 g/mol. The van der Waals surface area contributed by atoms with Crippen molar-refractivity contribution in [3.8, 4) is 11.3 Å². The number of aromatic carboxylic acids is 1. The first-order chi connectivity index (χ1) is 16.0. The fraction of sp³-hybridized carbons (Fsp3) is 0.360. The number of carboxylic acids is 1. The molecule has 2 heterocycles. The Morgan fingerprint density at radius 1 is 1.03 bits per heavy atom. The number of hydrogen-bond donors (Lipinski definition) is 1. The van der Waals surface area contributed by atoms with E-state index in [1.807, 2.05) is 30.3 Å². The van der Waals surface area contributed by atoms with E-state index in [0.717, 1.165) is 80.3 Å². The van der Waals surface area contributed by atoms with Gasteiger partial charge in [0.25, 0.3) is 0 Å². The standard InChI is InChI=1S/C25H25Cl2N3O3/c26-20-2-1-3-21(27)22(20)23-19(24(33-28-23)16-4-5-16)10-11-29-12-14-30(15-13-29)18-8-6-17(7-9-18)25(31)32/h1-3,6-9,16H,4-5,10-15H2,(H,31,32). The van der Waals surface area contributed by atoms with Crippen LogP contribution in [0.15, 0.2) is 47.0 Å². The molecule has 2 aliphatic rings. The molecule has 33 heavy (non-hydrogen) atoms. The number of aromatic nitrogens is 1. The van der Waals surface area contributed by atoms with Gasteiger partial charge < -0.3 is 14.5 Å². The van der Waals surface area contributed by atoms with Crippen molar-refractivity contribution in [2.45, 2.75) is 25.2 Å². The highest BCUT2D eigenvalue weighted by molar-refractivity contribution is 6.39. The molecule has 5 rings (SSSR count). The van der Waals surface area contributed by atoms with Gasteiger partial charge in [0, 0.05) is 55.5 Å². The van der Waals surface area contributed by atoms with Crippen molar-refractivity contribution in [2.24, 2.45) is 0 Å². The zero-order valence-electron chi connectivity index (χ0n) is 18.1. The molecule has 0 spiro atoms. The SMILES string of the molecule is O=C(O)c1ccc(N2CCN(CCc3c(-c4c(Cl)cccc4Cl)noc3C3CC3)CC2)cc1. The summed E-state index contributed by atoms with van der Waals surface area (Å²) < 4.78 is 5.79. The number of halogens is 2. The van der Waals surface area contributed by atoms with E-state index in [2.05, 4.69) is 15.0 Å². The highest BCUT2D eigenvalue weighted by atomic mass is 35.5. The van der Waals surface area contributed by atoms with Crippen LogP contribution < -0.4 is 4.90 Å². The Morgan fingerprint density at radius 3 is 2.30 bits per heavy atom. The Balaban J connectivity index is 1.26. The molecule has 1 saturated carbocycles. The van der Waals surface area contributed by atoms with Crippen LogP contribution in [0.5, 0.6) is 0 Å². The lowest BCUT2D eigenvalue weighted by Crippen LogP contribution is -2.47. The first-order valence-corrected chi connectivity index (χ1v) is 12.0. The van der Waals surface area contributed by atoms with Gasteiger partial charge in [-0.05, 0) is 55.7 Å². The first-order valence-electron chi connectivity index (χ1n) is 11.2. The van der Waals surface area contributed by atoms with E-state index >= 15 is 0 Å². The zero-order valence-corrected chi connectivity index (χ0v) is 19.6. The number of piperazine rings is 1. The highest BCUT2D eigenvalue weighted by Gasteiger charge is 2.33. The lowest BCUT2D eigenvalue weighted by atomic mass is 10.0. The van der Waals surface area contributed by atoms with Gasteiger partial charge in [0.15, 0.2) is 0 Å². The van der Waals surface area contributed by atoms with Crippen molar-refractivity contribution in [3.63, 3.8) is 0 Å². The van der Waals surface area contributed by atoms with Crippen molar-refractivity contribution in [3.05, 3.63) is 69.4 Å². The van der Waals surface area contributed by atoms with Gasteiger partial charge in [-0.1, -0.05) is 34.4 Å². The molecule has 6 nitrogen and oxygen atoms in total. The maximum absolute atomic E-state index is 11.1. The van der Waals surface area contributed by atoms with Crippen LogP contribution in [0.2, 0.25) is 10.0 Å². The Hall–Kier alpha value is -2.54. The molecule has 172 valence electrons. The fourth-order valence-electron chi connectivity index (χ4n) is 4.46. The van der Waals surface area contributed by atoms with E-state index < -0.39 is 5.97 Å². The quantitative estimate of drug-likeness (QED) is 0.470. The van der Waals surface area contributed by atoms with Gasteiger partial charge in [-0.25, -0.2) is 4.79 Å². The summed E-state index contributed by atoms with van der Waals surface area (Å²) >= 11 is 13.0. The number of rotatable bonds is 7. The first kappa shape index (κ1) is 22.3. The van der Waals surface area contributed by atoms with Crippen LogP contribution in [0.25, 0.3) is 11.3 Å². The van der Waals surface area contributed by atoms with Crippen molar-refractivity contribution >= 4 is 34.9 Å². The minimum Gasteiger partial charge on any atom is -0.478 e. The third-order valence-corrected chi connectivity index (χ3v) is 7.13. The van der Waals surface area contributed by atoms with Gasteiger partial charge >= 0.3 is 5.97 Å². The van der Waals surface area contributed by atoms with E-state index in [1.54, 1.807) is 12.1 Å². The number of carbonyl (C=O) groups is 1. The third-order valence-electron chi connectivity index (χ3n) is 6.50. The number of nitrogens with zero attached hydrogens (tertiary/aromatic N) is 3. The molecule has 0 amide bonds.